The zero-order valence-electron chi connectivity index (χ0n) is 14.1. The Morgan fingerprint density at radius 2 is 1.62 bits per heavy atom. The van der Waals surface area contributed by atoms with Crippen molar-refractivity contribution >= 4 is 23.2 Å². The Bertz CT molecular complexity index is 883. The molecule has 4 bridgehead atoms. The molecule has 0 amide bonds. The van der Waals surface area contributed by atoms with Crippen LogP contribution in [0.3, 0.4) is 0 Å². The molecule has 5 rings (SSSR count). The van der Waals surface area contributed by atoms with Crippen LogP contribution in [0.25, 0.3) is 0 Å². The number of nitrogens with zero attached hydrogens (tertiary/aromatic N) is 4. The maximum atomic E-state index is 13.2. The summed E-state index contributed by atoms with van der Waals surface area (Å²) in [6.07, 6.45) is 7.85. The third kappa shape index (κ3) is 2.11. The highest BCUT2D eigenvalue weighted by Gasteiger charge is 2.56. The summed E-state index contributed by atoms with van der Waals surface area (Å²) < 4.78 is 0. The summed E-state index contributed by atoms with van der Waals surface area (Å²) >= 11 is 0. The summed E-state index contributed by atoms with van der Waals surface area (Å²) in [6.45, 7) is 0.724. The van der Waals surface area contributed by atoms with Gasteiger partial charge in [0.1, 0.15) is 23.7 Å². The minimum atomic E-state index is -0.450. The van der Waals surface area contributed by atoms with Crippen LogP contribution in [0.15, 0.2) is 61.1 Å². The van der Waals surface area contributed by atoms with E-state index in [1.165, 1.54) is 0 Å². The molecular formula is C20H18N4O2. The monoisotopic (exact) mass is 346 g/mol. The van der Waals surface area contributed by atoms with Crippen molar-refractivity contribution in [3.8, 4) is 0 Å². The highest BCUT2D eigenvalue weighted by molar-refractivity contribution is 6.08. The van der Waals surface area contributed by atoms with Gasteiger partial charge < -0.3 is 9.80 Å². The van der Waals surface area contributed by atoms with Crippen LogP contribution in [0.2, 0.25) is 0 Å². The highest BCUT2D eigenvalue weighted by Crippen LogP contribution is 2.41. The fourth-order valence-corrected chi connectivity index (χ4v) is 4.48. The van der Waals surface area contributed by atoms with Crippen molar-refractivity contribution in [2.24, 2.45) is 11.8 Å². The van der Waals surface area contributed by atoms with E-state index in [0.717, 1.165) is 12.4 Å². The van der Waals surface area contributed by atoms with E-state index < -0.39 is 18.0 Å². The van der Waals surface area contributed by atoms with E-state index in [1.807, 2.05) is 58.5 Å². The molecular weight excluding hydrogens is 328 g/mol. The first-order valence-corrected chi connectivity index (χ1v) is 8.88. The van der Waals surface area contributed by atoms with Crippen molar-refractivity contribution in [2.75, 3.05) is 16.3 Å². The third-order valence-electron chi connectivity index (χ3n) is 5.63. The molecule has 2 aromatic heterocycles. The second kappa shape index (κ2) is 5.76. The SMILES string of the molecule is O=C1C2C=CN(c3ccccn3)C1C1CCN(c3ccccn3)C2C1=O. The Labute approximate surface area is 151 Å². The van der Waals surface area contributed by atoms with Crippen LogP contribution in [-0.2, 0) is 9.59 Å². The molecule has 1 saturated carbocycles. The van der Waals surface area contributed by atoms with E-state index in [4.69, 9.17) is 0 Å². The minimum Gasteiger partial charge on any atom is -0.345 e. The van der Waals surface area contributed by atoms with E-state index in [1.54, 1.807) is 12.4 Å². The van der Waals surface area contributed by atoms with Crippen molar-refractivity contribution in [1.29, 1.82) is 0 Å². The Kier molecular flexibility index (Phi) is 3.38. The molecule has 3 aliphatic rings. The van der Waals surface area contributed by atoms with Crippen molar-refractivity contribution in [3.05, 3.63) is 61.1 Å². The van der Waals surface area contributed by atoms with Crippen LogP contribution in [0, 0.1) is 11.8 Å². The standard InChI is InChI=1S/C20H18N4O2/c25-19-14-7-11-23(15-5-1-3-9-21-15)17(19)13-8-12-24(18(14)20(13)26)16-6-2-4-10-22-16/h1-7,9-11,13-14,17-18H,8,12H2. The minimum absolute atomic E-state index is 0.105. The molecule has 4 heterocycles. The number of piperidine rings is 1. The van der Waals surface area contributed by atoms with Gasteiger partial charge in [-0.3, -0.25) is 9.59 Å². The predicted molar refractivity (Wildman–Crippen MR) is 96.6 cm³/mol. The van der Waals surface area contributed by atoms with Gasteiger partial charge in [-0.05, 0) is 30.7 Å². The summed E-state index contributed by atoms with van der Waals surface area (Å²) in [5.74, 6) is 0.993. The van der Waals surface area contributed by atoms with Crippen molar-refractivity contribution in [3.63, 3.8) is 0 Å². The number of rotatable bonds is 2. The molecule has 0 N–H and O–H groups in total. The lowest BCUT2D eigenvalue weighted by atomic mass is 9.67. The number of hydrogen-bond acceptors (Lipinski definition) is 6. The number of anilines is 2. The number of Topliss-reactive ketones (excluding diaryl/α,β-unsaturated/α-hetero) is 2. The molecule has 6 heteroatoms. The maximum absolute atomic E-state index is 13.2. The van der Waals surface area contributed by atoms with Gasteiger partial charge in [0, 0.05) is 31.1 Å². The van der Waals surface area contributed by atoms with Crippen LogP contribution in [-0.4, -0.2) is 40.2 Å². The number of carbonyl (C=O) groups is 2. The topological polar surface area (TPSA) is 66.4 Å². The normalized spacial score (nSPS) is 29.8. The van der Waals surface area contributed by atoms with Crippen LogP contribution in [0.4, 0.5) is 11.6 Å². The Balaban J connectivity index is 1.57. The van der Waals surface area contributed by atoms with Crippen molar-refractivity contribution in [1.82, 2.24) is 9.97 Å². The molecule has 2 aliphatic heterocycles. The second-order valence-corrected chi connectivity index (χ2v) is 6.93. The van der Waals surface area contributed by atoms with Crippen molar-refractivity contribution in [2.45, 2.75) is 18.5 Å². The average Bonchev–Trinajstić information content (AvgIpc) is 2.69. The first-order valence-electron chi connectivity index (χ1n) is 8.88. The number of pyridine rings is 2. The lowest BCUT2D eigenvalue weighted by Gasteiger charge is -2.51. The predicted octanol–water partition coefficient (Wildman–Crippen LogP) is 1.84. The van der Waals surface area contributed by atoms with E-state index in [-0.39, 0.29) is 17.5 Å². The molecule has 6 nitrogen and oxygen atoms in total. The largest absolute Gasteiger partial charge is 0.345 e. The smallest absolute Gasteiger partial charge is 0.165 e. The van der Waals surface area contributed by atoms with Crippen LogP contribution in [0.1, 0.15) is 6.42 Å². The van der Waals surface area contributed by atoms with Crippen molar-refractivity contribution < 1.29 is 9.59 Å². The third-order valence-corrected chi connectivity index (χ3v) is 5.63. The molecule has 26 heavy (non-hydrogen) atoms. The lowest BCUT2D eigenvalue weighted by molar-refractivity contribution is -0.140. The molecule has 1 aliphatic carbocycles. The molecule has 2 fully saturated rings. The summed E-state index contributed by atoms with van der Waals surface area (Å²) in [5.41, 5.74) is 0. The molecule has 0 radical (unpaired) electrons. The first kappa shape index (κ1) is 15.3. The maximum Gasteiger partial charge on any atom is 0.165 e. The molecule has 4 atom stereocenters. The van der Waals surface area contributed by atoms with Gasteiger partial charge in [-0.15, -0.1) is 0 Å². The number of fused-ring (bicyclic) bond motifs is 6. The van der Waals surface area contributed by atoms with Crippen LogP contribution >= 0.6 is 0 Å². The van der Waals surface area contributed by atoms with Crippen LogP contribution < -0.4 is 9.80 Å². The Morgan fingerprint density at radius 3 is 2.31 bits per heavy atom. The zero-order valence-corrected chi connectivity index (χ0v) is 14.1. The number of hydrogen-bond donors (Lipinski definition) is 0. The van der Waals surface area contributed by atoms with Gasteiger partial charge in [0.25, 0.3) is 0 Å². The molecule has 4 unspecified atom stereocenters. The molecule has 0 aromatic carbocycles. The van der Waals surface area contributed by atoms with Gasteiger partial charge in [0.15, 0.2) is 11.6 Å². The summed E-state index contributed by atoms with van der Waals surface area (Å²) in [7, 11) is 0. The molecule has 1 saturated heterocycles. The lowest BCUT2D eigenvalue weighted by Crippen LogP contribution is -2.68. The highest BCUT2D eigenvalue weighted by atomic mass is 16.1. The second-order valence-electron chi connectivity index (χ2n) is 6.93. The zero-order chi connectivity index (χ0) is 17.7. The fourth-order valence-electron chi connectivity index (χ4n) is 4.48. The summed E-state index contributed by atoms with van der Waals surface area (Å²) in [4.78, 5) is 39.1. The molecule has 0 spiro atoms. The fraction of sp³-hybridized carbons (Fsp3) is 0.300. The van der Waals surface area contributed by atoms with E-state index in [2.05, 4.69) is 9.97 Å². The van der Waals surface area contributed by atoms with Gasteiger partial charge in [-0.25, -0.2) is 9.97 Å². The number of carbonyl (C=O) groups excluding carboxylic acids is 2. The van der Waals surface area contributed by atoms with Crippen LogP contribution in [0.5, 0.6) is 0 Å². The Morgan fingerprint density at radius 1 is 0.885 bits per heavy atom. The Hall–Kier alpha value is -3.02. The van der Waals surface area contributed by atoms with Gasteiger partial charge in [-0.2, -0.15) is 0 Å². The van der Waals surface area contributed by atoms with Gasteiger partial charge >= 0.3 is 0 Å². The summed E-state index contributed by atoms with van der Waals surface area (Å²) in [6, 6.07) is 10.4. The number of aromatic nitrogens is 2. The molecule has 2 aromatic rings. The van der Waals surface area contributed by atoms with E-state index in [9.17, 15) is 9.59 Å². The first-order chi connectivity index (χ1) is 12.8. The summed E-state index contributed by atoms with van der Waals surface area (Å²) in [5, 5.41) is 0. The van der Waals surface area contributed by atoms with E-state index >= 15 is 0 Å². The molecule has 130 valence electrons. The van der Waals surface area contributed by atoms with E-state index in [0.29, 0.717) is 12.2 Å². The van der Waals surface area contributed by atoms with Gasteiger partial charge in [0.05, 0.1) is 5.92 Å². The van der Waals surface area contributed by atoms with Gasteiger partial charge in [-0.1, -0.05) is 18.2 Å². The number of ketones is 2. The quantitative estimate of drug-likeness (QED) is 0.827. The average molecular weight is 346 g/mol. The van der Waals surface area contributed by atoms with Gasteiger partial charge in [0.2, 0.25) is 0 Å².